The molecule has 0 N–H and O–H groups in total. The van der Waals surface area contributed by atoms with Gasteiger partial charge in [0.05, 0.1) is 16.8 Å². The molecule has 0 saturated carbocycles. The molecular formula is C15H20N2O2S. The fourth-order valence-electron chi connectivity index (χ4n) is 3.48. The summed E-state index contributed by atoms with van der Waals surface area (Å²) in [4.78, 5) is 29.5. The van der Waals surface area contributed by atoms with E-state index < -0.39 is 0 Å². The number of nitrogens with zero attached hydrogens (tertiary/aromatic N) is 2. The molecule has 4 nitrogen and oxygen atoms in total. The Hall–Kier alpha value is -1.36. The summed E-state index contributed by atoms with van der Waals surface area (Å²) in [6.07, 6.45) is 3.60. The lowest BCUT2D eigenvalue weighted by atomic mass is 9.85. The predicted octanol–water partition coefficient (Wildman–Crippen LogP) is 2.37. The van der Waals surface area contributed by atoms with Crippen molar-refractivity contribution in [1.29, 1.82) is 0 Å². The third-order valence-corrected chi connectivity index (χ3v) is 5.38. The first-order chi connectivity index (χ1) is 9.66. The maximum Gasteiger partial charge on any atom is 0.264 e. The van der Waals surface area contributed by atoms with Crippen molar-refractivity contribution in [2.24, 2.45) is 0 Å². The second kappa shape index (κ2) is 5.20. The van der Waals surface area contributed by atoms with Crippen LogP contribution in [0.1, 0.15) is 42.3 Å². The van der Waals surface area contributed by atoms with E-state index in [-0.39, 0.29) is 17.4 Å². The van der Waals surface area contributed by atoms with Crippen LogP contribution >= 0.6 is 11.3 Å². The van der Waals surface area contributed by atoms with E-state index in [9.17, 15) is 9.59 Å². The van der Waals surface area contributed by atoms with E-state index in [2.05, 4.69) is 0 Å². The summed E-state index contributed by atoms with van der Waals surface area (Å²) < 4.78 is 0. The summed E-state index contributed by atoms with van der Waals surface area (Å²) in [6.45, 7) is 4.23. The van der Waals surface area contributed by atoms with E-state index in [1.54, 1.807) is 0 Å². The van der Waals surface area contributed by atoms with Crippen LogP contribution in [0.3, 0.4) is 0 Å². The normalized spacial score (nSPS) is 26.6. The van der Waals surface area contributed by atoms with E-state index in [0.717, 1.165) is 37.2 Å². The zero-order chi connectivity index (χ0) is 14.2. The number of likely N-dealkylation sites (N-methyl/N-ethyl adjacent to an activating group) is 1. The van der Waals surface area contributed by atoms with Gasteiger partial charge in [-0.15, -0.1) is 11.3 Å². The number of carbonyl (C=O) groups is 2. The SMILES string of the molecule is CCN1CC2(CCCCN2C(=O)c2cccs2)CC1=O. The zero-order valence-electron chi connectivity index (χ0n) is 11.8. The topological polar surface area (TPSA) is 40.6 Å². The molecular weight excluding hydrogens is 272 g/mol. The van der Waals surface area contributed by atoms with Crippen LogP contribution in [0.25, 0.3) is 0 Å². The zero-order valence-corrected chi connectivity index (χ0v) is 12.6. The number of likely N-dealkylation sites (tertiary alicyclic amines) is 2. The van der Waals surface area contributed by atoms with E-state index in [0.29, 0.717) is 13.0 Å². The lowest BCUT2D eigenvalue weighted by Gasteiger charge is -2.44. The van der Waals surface area contributed by atoms with Gasteiger partial charge in [0.25, 0.3) is 5.91 Å². The molecule has 1 atom stereocenters. The van der Waals surface area contributed by atoms with Gasteiger partial charge in [-0.2, -0.15) is 0 Å². The average Bonchev–Trinajstić information content (AvgIpc) is 3.07. The minimum atomic E-state index is -0.258. The Balaban J connectivity index is 1.88. The van der Waals surface area contributed by atoms with Crippen molar-refractivity contribution in [2.45, 2.75) is 38.1 Å². The molecule has 1 aromatic rings. The summed E-state index contributed by atoms with van der Waals surface area (Å²) in [5, 5.41) is 1.93. The number of rotatable bonds is 2. The molecule has 1 spiro atoms. The molecule has 0 aromatic carbocycles. The summed E-state index contributed by atoms with van der Waals surface area (Å²) in [7, 11) is 0. The molecule has 1 unspecified atom stereocenters. The third kappa shape index (κ3) is 2.14. The third-order valence-electron chi connectivity index (χ3n) is 4.52. The predicted molar refractivity (Wildman–Crippen MR) is 78.8 cm³/mol. The van der Waals surface area contributed by atoms with Gasteiger partial charge in [0.15, 0.2) is 0 Å². The lowest BCUT2D eigenvalue weighted by Crippen LogP contribution is -2.56. The van der Waals surface area contributed by atoms with Crippen LogP contribution in [0, 0.1) is 0 Å². The Morgan fingerprint density at radius 2 is 2.30 bits per heavy atom. The van der Waals surface area contributed by atoms with Crippen molar-refractivity contribution in [3.8, 4) is 0 Å². The average molecular weight is 292 g/mol. The van der Waals surface area contributed by atoms with Gasteiger partial charge in [-0.05, 0) is 37.6 Å². The van der Waals surface area contributed by atoms with Crippen LogP contribution in [0.2, 0.25) is 0 Å². The van der Waals surface area contributed by atoms with Gasteiger partial charge in [-0.3, -0.25) is 9.59 Å². The largest absolute Gasteiger partial charge is 0.341 e. The maximum absolute atomic E-state index is 12.7. The molecule has 2 amide bonds. The van der Waals surface area contributed by atoms with Gasteiger partial charge in [-0.1, -0.05) is 6.07 Å². The molecule has 2 aliphatic heterocycles. The molecule has 0 bridgehead atoms. The molecule has 0 radical (unpaired) electrons. The van der Waals surface area contributed by atoms with Crippen molar-refractivity contribution in [3.05, 3.63) is 22.4 Å². The summed E-state index contributed by atoms with van der Waals surface area (Å²) in [5.74, 6) is 0.295. The molecule has 2 fully saturated rings. The number of amides is 2. The van der Waals surface area contributed by atoms with Crippen molar-refractivity contribution in [3.63, 3.8) is 0 Å². The highest BCUT2D eigenvalue weighted by molar-refractivity contribution is 7.12. The van der Waals surface area contributed by atoms with Crippen molar-refractivity contribution >= 4 is 23.2 Å². The number of hydrogen-bond donors (Lipinski definition) is 0. The standard InChI is InChI=1S/C15H20N2O2S/c1-2-16-11-15(10-13(16)18)7-3-4-8-17(15)14(19)12-6-5-9-20-12/h5-6,9H,2-4,7-8,10-11H2,1H3. The van der Waals surface area contributed by atoms with E-state index in [4.69, 9.17) is 0 Å². The first-order valence-corrected chi connectivity index (χ1v) is 8.17. The van der Waals surface area contributed by atoms with Crippen molar-refractivity contribution < 1.29 is 9.59 Å². The van der Waals surface area contributed by atoms with Crippen LogP contribution in [-0.4, -0.2) is 46.8 Å². The highest BCUT2D eigenvalue weighted by atomic mass is 32.1. The van der Waals surface area contributed by atoms with Crippen LogP contribution < -0.4 is 0 Å². The van der Waals surface area contributed by atoms with Crippen molar-refractivity contribution in [1.82, 2.24) is 9.80 Å². The molecule has 0 aliphatic carbocycles. The van der Waals surface area contributed by atoms with E-state index >= 15 is 0 Å². The number of piperidine rings is 1. The molecule has 2 saturated heterocycles. The van der Waals surface area contributed by atoms with Gasteiger partial charge in [0, 0.05) is 19.6 Å². The Labute approximate surface area is 123 Å². The first-order valence-electron chi connectivity index (χ1n) is 7.29. The smallest absolute Gasteiger partial charge is 0.264 e. The summed E-state index contributed by atoms with van der Waals surface area (Å²) >= 11 is 1.48. The van der Waals surface area contributed by atoms with E-state index in [1.165, 1.54) is 11.3 Å². The number of carbonyl (C=O) groups excluding carboxylic acids is 2. The Bertz CT molecular complexity index is 514. The van der Waals surface area contributed by atoms with Gasteiger partial charge in [0.1, 0.15) is 0 Å². The molecule has 5 heteroatoms. The highest BCUT2D eigenvalue weighted by Crippen LogP contribution is 2.38. The van der Waals surface area contributed by atoms with Crippen LogP contribution in [-0.2, 0) is 4.79 Å². The monoisotopic (exact) mass is 292 g/mol. The van der Waals surface area contributed by atoms with Crippen LogP contribution in [0.5, 0.6) is 0 Å². The second-order valence-electron chi connectivity index (χ2n) is 5.70. The van der Waals surface area contributed by atoms with Crippen molar-refractivity contribution in [2.75, 3.05) is 19.6 Å². The Morgan fingerprint density at radius 3 is 2.95 bits per heavy atom. The number of thiophene rings is 1. The Kier molecular flexibility index (Phi) is 3.54. The van der Waals surface area contributed by atoms with Gasteiger partial charge >= 0.3 is 0 Å². The molecule has 108 valence electrons. The Morgan fingerprint density at radius 1 is 1.45 bits per heavy atom. The first kappa shape index (κ1) is 13.6. The molecule has 3 rings (SSSR count). The lowest BCUT2D eigenvalue weighted by molar-refractivity contribution is -0.127. The van der Waals surface area contributed by atoms with Gasteiger partial charge in [0.2, 0.25) is 5.91 Å². The summed E-state index contributed by atoms with van der Waals surface area (Å²) in [6, 6.07) is 3.79. The van der Waals surface area contributed by atoms with E-state index in [1.807, 2.05) is 34.2 Å². The minimum Gasteiger partial charge on any atom is -0.341 e. The van der Waals surface area contributed by atoms with Gasteiger partial charge in [-0.25, -0.2) is 0 Å². The molecule has 3 heterocycles. The fraction of sp³-hybridized carbons (Fsp3) is 0.600. The second-order valence-corrected chi connectivity index (χ2v) is 6.65. The van der Waals surface area contributed by atoms with Crippen LogP contribution in [0.15, 0.2) is 17.5 Å². The molecule has 1 aromatic heterocycles. The van der Waals surface area contributed by atoms with Gasteiger partial charge < -0.3 is 9.80 Å². The number of hydrogen-bond acceptors (Lipinski definition) is 3. The summed E-state index contributed by atoms with van der Waals surface area (Å²) in [5.41, 5.74) is -0.258. The van der Waals surface area contributed by atoms with Crippen LogP contribution in [0.4, 0.5) is 0 Å². The quantitative estimate of drug-likeness (QED) is 0.839. The maximum atomic E-state index is 12.7. The molecule has 2 aliphatic rings. The highest BCUT2D eigenvalue weighted by Gasteiger charge is 2.49. The fourth-order valence-corrected chi connectivity index (χ4v) is 4.15. The molecule has 20 heavy (non-hydrogen) atoms. The minimum absolute atomic E-state index is 0.102.